The van der Waals surface area contributed by atoms with Crippen LogP contribution in [0.5, 0.6) is 0 Å². The molecule has 3 heteroatoms. The predicted octanol–water partition coefficient (Wildman–Crippen LogP) is 1.80. The first-order valence-corrected chi connectivity index (χ1v) is 4.04. The second-order valence-electron chi connectivity index (χ2n) is 3.24. The smallest absolute Gasteiger partial charge is 0.0705 e. The van der Waals surface area contributed by atoms with Crippen LogP contribution in [-0.4, -0.2) is 23.1 Å². The Morgan fingerprint density at radius 2 is 2.45 bits per heavy atom. The van der Waals surface area contributed by atoms with Gasteiger partial charge in [-0.05, 0) is 13.3 Å². The van der Waals surface area contributed by atoms with Crippen LogP contribution in [-0.2, 0) is 4.74 Å². The van der Waals surface area contributed by atoms with Crippen molar-refractivity contribution >= 4 is 5.71 Å². The molecule has 0 aromatic heterocycles. The Kier molecular flexibility index (Phi) is 2.49. The van der Waals surface area contributed by atoms with Crippen molar-refractivity contribution in [2.75, 3.05) is 6.61 Å². The van der Waals surface area contributed by atoms with E-state index in [0.717, 1.165) is 25.0 Å². The second-order valence-corrected chi connectivity index (χ2v) is 3.24. The average Bonchev–Trinajstić information content (AvgIpc) is 2.05. The average molecular weight is 157 g/mol. The van der Waals surface area contributed by atoms with Crippen LogP contribution in [0.3, 0.4) is 0 Å². The second kappa shape index (κ2) is 3.22. The maximum Gasteiger partial charge on any atom is 0.0705 e. The zero-order valence-corrected chi connectivity index (χ0v) is 7.13. The van der Waals surface area contributed by atoms with Crippen LogP contribution in [0, 0.1) is 0 Å². The molecule has 0 radical (unpaired) electrons. The van der Waals surface area contributed by atoms with Gasteiger partial charge in [-0.1, -0.05) is 12.1 Å². The lowest BCUT2D eigenvalue weighted by Crippen LogP contribution is -2.36. The van der Waals surface area contributed by atoms with Crippen LogP contribution in [0.25, 0.3) is 0 Å². The van der Waals surface area contributed by atoms with E-state index in [2.05, 4.69) is 19.0 Å². The monoisotopic (exact) mass is 157 g/mol. The molecule has 0 bridgehead atoms. The molecular weight excluding hydrogens is 142 g/mol. The maximum absolute atomic E-state index is 8.55. The molecule has 1 N–H and O–H groups in total. The third-order valence-electron chi connectivity index (χ3n) is 2.31. The van der Waals surface area contributed by atoms with Gasteiger partial charge < -0.3 is 9.94 Å². The van der Waals surface area contributed by atoms with Gasteiger partial charge >= 0.3 is 0 Å². The summed E-state index contributed by atoms with van der Waals surface area (Å²) < 4.78 is 5.55. The van der Waals surface area contributed by atoms with Crippen molar-refractivity contribution in [1.29, 1.82) is 0 Å². The Hall–Kier alpha value is -0.570. The van der Waals surface area contributed by atoms with Gasteiger partial charge in [-0.15, -0.1) is 0 Å². The predicted molar refractivity (Wildman–Crippen MR) is 43.1 cm³/mol. The largest absolute Gasteiger partial charge is 0.411 e. The number of hydrogen-bond donors (Lipinski definition) is 1. The van der Waals surface area contributed by atoms with E-state index in [-0.39, 0.29) is 5.60 Å². The van der Waals surface area contributed by atoms with E-state index in [9.17, 15) is 0 Å². The van der Waals surface area contributed by atoms with Gasteiger partial charge in [-0.2, -0.15) is 0 Å². The summed E-state index contributed by atoms with van der Waals surface area (Å²) in [5.41, 5.74) is 0.764. The molecule has 1 atom stereocenters. The molecular formula is C8H15NO2. The van der Waals surface area contributed by atoms with Gasteiger partial charge in [0.05, 0.1) is 17.9 Å². The quantitative estimate of drug-likeness (QED) is 0.465. The van der Waals surface area contributed by atoms with Crippen molar-refractivity contribution in [3.05, 3.63) is 0 Å². The van der Waals surface area contributed by atoms with Crippen LogP contribution in [0.15, 0.2) is 5.16 Å². The molecule has 64 valence electrons. The Balaban J connectivity index is 2.59. The van der Waals surface area contributed by atoms with Crippen molar-refractivity contribution in [1.82, 2.24) is 0 Å². The fraction of sp³-hybridized carbons (Fsp3) is 0.875. The highest BCUT2D eigenvalue weighted by Crippen LogP contribution is 2.25. The molecule has 0 amide bonds. The Morgan fingerprint density at radius 1 is 1.73 bits per heavy atom. The fourth-order valence-electron chi connectivity index (χ4n) is 1.30. The minimum atomic E-state index is -0.0974. The van der Waals surface area contributed by atoms with E-state index < -0.39 is 0 Å². The molecule has 1 unspecified atom stereocenters. The van der Waals surface area contributed by atoms with Crippen LogP contribution < -0.4 is 0 Å². The maximum atomic E-state index is 8.55. The molecule has 3 nitrogen and oxygen atoms in total. The molecule has 1 aliphatic heterocycles. The Morgan fingerprint density at radius 3 is 3.00 bits per heavy atom. The summed E-state index contributed by atoms with van der Waals surface area (Å²) in [7, 11) is 0. The highest BCUT2D eigenvalue weighted by molar-refractivity contribution is 5.85. The van der Waals surface area contributed by atoms with E-state index in [1.54, 1.807) is 0 Å². The fourth-order valence-corrected chi connectivity index (χ4v) is 1.30. The topological polar surface area (TPSA) is 41.8 Å². The van der Waals surface area contributed by atoms with Crippen LogP contribution in [0.1, 0.15) is 33.1 Å². The number of hydrogen-bond acceptors (Lipinski definition) is 3. The van der Waals surface area contributed by atoms with Gasteiger partial charge in [-0.3, -0.25) is 0 Å². The van der Waals surface area contributed by atoms with E-state index in [1.807, 2.05) is 0 Å². The van der Waals surface area contributed by atoms with Crippen LogP contribution >= 0.6 is 0 Å². The number of oxime groups is 1. The first-order valence-electron chi connectivity index (χ1n) is 4.04. The normalized spacial score (nSPS) is 36.0. The summed E-state index contributed by atoms with van der Waals surface area (Å²) in [5.74, 6) is 0. The number of rotatable bonds is 1. The molecule has 1 rings (SSSR count). The molecule has 0 aromatic carbocycles. The van der Waals surface area contributed by atoms with Crippen LogP contribution in [0.4, 0.5) is 0 Å². The molecule has 1 heterocycles. The SMILES string of the molecule is CCC1(C)C/C(=N\O)CCO1. The van der Waals surface area contributed by atoms with Gasteiger partial charge in [0.1, 0.15) is 0 Å². The minimum absolute atomic E-state index is 0.0974. The van der Waals surface area contributed by atoms with E-state index in [1.165, 1.54) is 0 Å². The van der Waals surface area contributed by atoms with Crippen LogP contribution in [0.2, 0.25) is 0 Å². The van der Waals surface area contributed by atoms with Gasteiger partial charge in [0, 0.05) is 12.8 Å². The van der Waals surface area contributed by atoms with Crippen molar-refractivity contribution in [2.24, 2.45) is 5.16 Å². The molecule has 0 aromatic rings. The van der Waals surface area contributed by atoms with Gasteiger partial charge in [0.25, 0.3) is 0 Å². The van der Waals surface area contributed by atoms with Crippen molar-refractivity contribution in [3.8, 4) is 0 Å². The van der Waals surface area contributed by atoms with E-state index >= 15 is 0 Å². The van der Waals surface area contributed by atoms with Gasteiger partial charge in [0.2, 0.25) is 0 Å². The van der Waals surface area contributed by atoms with Gasteiger partial charge in [0.15, 0.2) is 0 Å². The summed E-state index contributed by atoms with van der Waals surface area (Å²) in [6, 6.07) is 0. The summed E-state index contributed by atoms with van der Waals surface area (Å²) in [6.07, 6.45) is 2.50. The highest BCUT2D eigenvalue weighted by atomic mass is 16.5. The minimum Gasteiger partial charge on any atom is -0.411 e. The zero-order chi connectivity index (χ0) is 8.32. The van der Waals surface area contributed by atoms with Crippen molar-refractivity contribution < 1.29 is 9.94 Å². The summed E-state index contributed by atoms with van der Waals surface area (Å²) in [4.78, 5) is 0. The number of nitrogens with zero attached hydrogens (tertiary/aromatic N) is 1. The molecule has 11 heavy (non-hydrogen) atoms. The van der Waals surface area contributed by atoms with E-state index in [4.69, 9.17) is 9.94 Å². The summed E-state index contributed by atoms with van der Waals surface area (Å²) in [6.45, 7) is 4.82. The molecule has 0 saturated carbocycles. The summed E-state index contributed by atoms with van der Waals surface area (Å²) >= 11 is 0. The third-order valence-corrected chi connectivity index (χ3v) is 2.31. The van der Waals surface area contributed by atoms with Gasteiger partial charge in [-0.25, -0.2) is 0 Å². The third kappa shape index (κ3) is 1.93. The lowest BCUT2D eigenvalue weighted by molar-refractivity contribution is -0.0378. The Bertz CT molecular complexity index is 167. The van der Waals surface area contributed by atoms with Crippen molar-refractivity contribution in [2.45, 2.75) is 38.7 Å². The molecule has 0 spiro atoms. The molecule has 0 aliphatic carbocycles. The zero-order valence-electron chi connectivity index (χ0n) is 7.13. The van der Waals surface area contributed by atoms with E-state index in [0.29, 0.717) is 6.61 Å². The lowest BCUT2D eigenvalue weighted by Gasteiger charge is -2.32. The highest BCUT2D eigenvalue weighted by Gasteiger charge is 2.29. The molecule has 1 fully saturated rings. The lowest BCUT2D eigenvalue weighted by atomic mass is 9.92. The first-order chi connectivity index (χ1) is 5.20. The number of ether oxygens (including phenoxy) is 1. The standard InChI is InChI=1S/C8H15NO2/c1-3-8(2)6-7(9-10)4-5-11-8/h10H,3-6H2,1-2H3/b9-7-. The Labute approximate surface area is 67.0 Å². The summed E-state index contributed by atoms with van der Waals surface area (Å²) in [5, 5.41) is 11.8. The molecule has 1 aliphatic rings. The van der Waals surface area contributed by atoms with Crippen molar-refractivity contribution in [3.63, 3.8) is 0 Å². The first kappa shape index (κ1) is 8.53. The molecule has 1 saturated heterocycles.